The van der Waals surface area contributed by atoms with E-state index in [1.165, 1.54) is 11.1 Å². The molecule has 1 aromatic heterocycles. The molecule has 0 aliphatic carbocycles. The van der Waals surface area contributed by atoms with Crippen LogP contribution in [0.2, 0.25) is 0 Å². The third-order valence-electron chi connectivity index (χ3n) is 3.09. The summed E-state index contributed by atoms with van der Waals surface area (Å²) < 4.78 is 0. The summed E-state index contributed by atoms with van der Waals surface area (Å²) in [5.41, 5.74) is 9.26. The van der Waals surface area contributed by atoms with Crippen LogP contribution in [0.25, 0.3) is 11.3 Å². The standard InChI is InChI=1S/C16H22N4S.HI/c1-3-9-18-16(17)19-10-8-13-4-6-14(7-5-13)15-11-21-12(2)20-15;/h4-7,11H,3,8-10H2,1-2H3,(H3,17,18,19);1H. The quantitative estimate of drug-likeness (QED) is 0.418. The molecule has 0 amide bonds. The van der Waals surface area contributed by atoms with Gasteiger partial charge < -0.3 is 11.1 Å². The molecular weight excluding hydrogens is 407 g/mol. The molecule has 6 heteroatoms. The predicted molar refractivity (Wildman–Crippen MR) is 106 cm³/mol. The number of hydrogen-bond donors (Lipinski definition) is 2. The van der Waals surface area contributed by atoms with E-state index in [0.717, 1.165) is 36.6 Å². The second kappa shape index (κ2) is 9.78. The first kappa shape index (κ1) is 18.9. The Labute approximate surface area is 153 Å². The highest BCUT2D eigenvalue weighted by atomic mass is 127. The largest absolute Gasteiger partial charge is 0.370 e. The zero-order valence-electron chi connectivity index (χ0n) is 13.0. The van der Waals surface area contributed by atoms with Crippen LogP contribution in [0.4, 0.5) is 0 Å². The Balaban J connectivity index is 0.00000242. The van der Waals surface area contributed by atoms with E-state index in [-0.39, 0.29) is 24.0 Å². The maximum absolute atomic E-state index is 5.76. The smallest absolute Gasteiger partial charge is 0.188 e. The second-order valence-corrected chi connectivity index (χ2v) is 5.95. The first-order valence-electron chi connectivity index (χ1n) is 7.24. The van der Waals surface area contributed by atoms with Crippen molar-refractivity contribution in [2.24, 2.45) is 10.7 Å². The van der Waals surface area contributed by atoms with E-state index in [4.69, 9.17) is 5.73 Å². The lowest BCUT2D eigenvalue weighted by molar-refractivity contribution is 0.839. The number of benzene rings is 1. The third-order valence-corrected chi connectivity index (χ3v) is 3.87. The fraction of sp³-hybridized carbons (Fsp3) is 0.375. The first-order chi connectivity index (χ1) is 10.2. The Hall–Kier alpha value is -1.15. The van der Waals surface area contributed by atoms with Gasteiger partial charge in [-0.1, -0.05) is 31.2 Å². The molecule has 0 bridgehead atoms. The molecule has 1 heterocycles. The van der Waals surface area contributed by atoms with Crippen molar-refractivity contribution in [2.75, 3.05) is 13.1 Å². The van der Waals surface area contributed by atoms with E-state index in [9.17, 15) is 0 Å². The molecule has 0 radical (unpaired) electrons. The molecule has 0 aliphatic rings. The summed E-state index contributed by atoms with van der Waals surface area (Å²) in [4.78, 5) is 8.70. The van der Waals surface area contributed by atoms with Crippen LogP contribution < -0.4 is 11.1 Å². The number of guanidine groups is 1. The molecule has 3 N–H and O–H groups in total. The van der Waals surface area contributed by atoms with Crippen LogP contribution in [0.5, 0.6) is 0 Å². The summed E-state index contributed by atoms with van der Waals surface area (Å²) in [5, 5.41) is 6.32. The lowest BCUT2D eigenvalue weighted by Crippen LogP contribution is -2.33. The van der Waals surface area contributed by atoms with Crippen molar-refractivity contribution in [2.45, 2.75) is 26.7 Å². The van der Waals surface area contributed by atoms with Gasteiger partial charge >= 0.3 is 0 Å². The lowest BCUT2D eigenvalue weighted by Gasteiger charge is -2.06. The number of nitrogens with two attached hydrogens (primary N) is 1. The van der Waals surface area contributed by atoms with Crippen molar-refractivity contribution < 1.29 is 0 Å². The van der Waals surface area contributed by atoms with Crippen LogP contribution >= 0.6 is 35.3 Å². The Kier molecular flexibility index (Phi) is 8.40. The molecule has 1 aromatic carbocycles. The highest BCUT2D eigenvalue weighted by Gasteiger charge is 2.02. The summed E-state index contributed by atoms with van der Waals surface area (Å²) in [6.45, 7) is 5.69. The highest BCUT2D eigenvalue weighted by Crippen LogP contribution is 2.21. The van der Waals surface area contributed by atoms with Crippen LogP contribution in [-0.2, 0) is 6.42 Å². The molecule has 0 saturated heterocycles. The monoisotopic (exact) mass is 430 g/mol. The van der Waals surface area contributed by atoms with Gasteiger partial charge in [0.05, 0.1) is 10.7 Å². The zero-order valence-corrected chi connectivity index (χ0v) is 16.2. The van der Waals surface area contributed by atoms with Gasteiger partial charge in [0.1, 0.15) is 0 Å². The number of aryl methyl sites for hydroxylation is 1. The summed E-state index contributed by atoms with van der Waals surface area (Å²) in [7, 11) is 0. The Morgan fingerprint density at radius 2 is 2.05 bits per heavy atom. The van der Waals surface area contributed by atoms with Gasteiger partial charge in [0.25, 0.3) is 0 Å². The number of rotatable bonds is 6. The van der Waals surface area contributed by atoms with Gasteiger partial charge in [-0.2, -0.15) is 0 Å². The normalized spacial score (nSPS) is 11.1. The molecule has 0 unspecified atom stereocenters. The van der Waals surface area contributed by atoms with E-state index in [1.54, 1.807) is 11.3 Å². The van der Waals surface area contributed by atoms with Gasteiger partial charge in [-0.25, -0.2) is 4.98 Å². The number of halogens is 1. The fourth-order valence-electron chi connectivity index (χ4n) is 1.96. The number of hydrogen-bond acceptors (Lipinski definition) is 3. The van der Waals surface area contributed by atoms with E-state index in [2.05, 4.69) is 51.9 Å². The van der Waals surface area contributed by atoms with Crippen LogP contribution in [0.1, 0.15) is 23.9 Å². The number of nitrogens with zero attached hydrogens (tertiary/aromatic N) is 2. The maximum atomic E-state index is 5.76. The van der Waals surface area contributed by atoms with Gasteiger partial charge in [0.2, 0.25) is 0 Å². The van der Waals surface area contributed by atoms with Crippen molar-refractivity contribution in [1.82, 2.24) is 10.3 Å². The average Bonchev–Trinajstić information content (AvgIpc) is 2.92. The topological polar surface area (TPSA) is 63.3 Å². The van der Waals surface area contributed by atoms with Crippen molar-refractivity contribution in [3.63, 3.8) is 0 Å². The van der Waals surface area contributed by atoms with E-state index in [1.807, 2.05) is 6.92 Å². The zero-order chi connectivity index (χ0) is 15.1. The SMILES string of the molecule is CCCN=C(N)NCCc1ccc(-c2csc(C)n2)cc1.I. The van der Waals surface area contributed by atoms with Gasteiger partial charge in [0.15, 0.2) is 5.96 Å². The maximum Gasteiger partial charge on any atom is 0.188 e. The Morgan fingerprint density at radius 1 is 1.32 bits per heavy atom. The molecule has 2 aromatic rings. The third kappa shape index (κ3) is 5.92. The molecule has 2 rings (SSSR count). The molecule has 0 atom stereocenters. The van der Waals surface area contributed by atoms with Crippen LogP contribution in [0.3, 0.4) is 0 Å². The summed E-state index contributed by atoms with van der Waals surface area (Å²) in [6.07, 6.45) is 1.94. The van der Waals surface area contributed by atoms with Gasteiger partial charge in [-0.05, 0) is 25.3 Å². The molecule has 0 saturated carbocycles. The minimum Gasteiger partial charge on any atom is -0.370 e. The Bertz CT molecular complexity index is 592. The van der Waals surface area contributed by atoms with E-state index in [0.29, 0.717) is 5.96 Å². The average molecular weight is 430 g/mol. The lowest BCUT2D eigenvalue weighted by atomic mass is 10.1. The molecule has 120 valence electrons. The van der Waals surface area contributed by atoms with Crippen molar-refractivity contribution in [3.8, 4) is 11.3 Å². The van der Waals surface area contributed by atoms with Crippen molar-refractivity contribution in [3.05, 3.63) is 40.2 Å². The van der Waals surface area contributed by atoms with Crippen LogP contribution in [0.15, 0.2) is 34.6 Å². The molecular formula is C16H23IN4S. The van der Waals surface area contributed by atoms with Gasteiger partial charge in [-0.15, -0.1) is 35.3 Å². The van der Waals surface area contributed by atoms with Crippen molar-refractivity contribution >= 4 is 41.3 Å². The molecule has 0 spiro atoms. The summed E-state index contributed by atoms with van der Waals surface area (Å²) in [6, 6.07) is 8.53. The fourth-order valence-corrected chi connectivity index (χ4v) is 2.58. The van der Waals surface area contributed by atoms with Gasteiger partial charge in [-0.3, -0.25) is 4.99 Å². The summed E-state index contributed by atoms with van der Waals surface area (Å²) in [5.74, 6) is 0.534. The van der Waals surface area contributed by atoms with Crippen LogP contribution in [0, 0.1) is 6.92 Å². The molecule has 0 aliphatic heterocycles. The number of aliphatic imine (C=N–C) groups is 1. The molecule has 22 heavy (non-hydrogen) atoms. The first-order valence-corrected chi connectivity index (χ1v) is 8.12. The Morgan fingerprint density at radius 3 is 2.64 bits per heavy atom. The molecule has 0 fully saturated rings. The van der Waals surface area contributed by atoms with Crippen molar-refractivity contribution in [1.29, 1.82) is 0 Å². The van der Waals surface area contributed by atoms with E-state index < -0.39 is 0 Å². The minimum atomic E-state index is 0. The minimum absolute atomic E-state index is 0. The molecule has 4 nitrogen and oxygen atoms in total. The number of aromatic nitrogens is 1. The van der Waals surface area contributed by atoms with Crippen LogP contribution in [-0.4, -0.2) is 24.0 Å². The van der Waals surface area contributed by atoms with E-state index >= 15 is 0 Å². The predicted octanol–water partition coefficient (Wildman–Crippen LogP) is 3.59. The summed E-state index contributed by atoms with van der Waals surface area (Å²) >= 11 is 1.68. The number of nitrogens with one attached hydrogen (secondary N) is 1. The number of thiazole rings is 1. The second-order valence-electron chi connectivity index (χ2n) is 4.89. The highest BCUT2D eigenvalue weighted by molar-refractivity contribution is 14.0. The van der Waals surface area contributed by atoms with Gasteiger partial charge in [0, 0.05) is 24.0 Å².